The van der Waals surface area contributed by atoms with Gasteiger partial charge >= 0.3 is 0 Å². The van der Waals surface area contributed by atoms with Crippen molar-refractivity contribution in [3.05, 3.63) is 22.4 Å². The molecule has 20 heavy (non-hydrogen) atoms. The van der Waals surface area contributed by atoms with Crippen LogP contribution in [0.25, 0.3) is 11.0 Å². The van der Waals surface area contributed by atoms with Crippen molar-refractivity contribution in [1.82, 2.24) is 19.7 Å². The van der Waals surface area contributed by atoms with Crippen LogP contribution in [0, 0.1) is 12.8 Å². The number of nitrogens with one attached hydrogen (secondary N) is 1. The molecule has 1 aliphatic rings. The van der Waals surface area contributed by atoms with Gasteiger partial charge in [-0.15, -0.1) is 0 Å². The zero-order valence-corrected chi connectivity index (χ0v) is 11.7. The summed E-state index contributed by atoms with van der Waals surface area (Å²) in [6.45, 7) is 5.68. The number of nitrogens with zero attached hydrogens (tertiary/aromatic N) is 3. The summed E-state index contributed by atoms with van der Waals surface area (Å²) in [5, 5.41) is 14.9. The highest BCUT2D eigenvalue weighted by atomic mass is 16.5. The number of aromatic nitrogens is 4. The van der Waals surface area contributed by atoms with E-state index < -0.39 is 12.3 Å². The minimum Gasteiger partial charge on any atom is -0.388 e. The van der Waals surface area contributed by atoms with Crippen molar-refractivity contribution in [2.75, 3.05) is 0 Å². The van der Waals surface area contributed by atoms with E-state index in [1.54, 1.807) is 6.92 Å². The van der Waals surface area contributed by atoms with E-state index in [4.69, 9.17) is 4.74 Å². The fraction of sp³-hybridized carbons (Fsp3) is 0.615. The van der Waals surface area contributed by atoms with Gasteiger partial charge in [-0.25, -0.2) is 9.67 Å². The summed E-state index contributed by atoms with van der Waals surface area (Å²) < 4.78 is 7.37. The number of aliphatic hydroxyl groups is 1. The molecule has 2 aromatic heterocycles. The minimum atomic E-state index is -0.663. The van der Waals surface area contributed by atoms with E-state index >= 15 is 0 Å². The lowest BCUT2D eigenvalue weighted by atomic mass is 9.99. The van der Waals surface area contributed by atoms with Crippen molar-refractivity contribution >= 4 is 11.0 Å². The predicted molar refractivity (Wildman–Crippen MR) is 72.3 cm³/mol. The number of aromatic amines is 1. The average molecular weight is 278 g/mol. The quantitative estimate of drug-likeness (QED) is 0.845. The highest BCUT2D eigenvalue weighted by molar-refractivity contribution is 5.73. The van der Waals surface area contributed by atoms with Crippen molar-refractivity contribution in [1.29, 1.82) is 0 Å². The molecule has 108 valence electrons. The number of hydrogen-bond donors (Lipinski definition) is 2. The lowest BCUT2D eigenvalue weighted by Gasteiger charge is -2.16. The first-order valence-corrected chi connectivity index (χ1v) is 6.80. The summed E-state index contributed by atoms with van der Waals surface area (Å²) in [5.41, 5.74) is 0.213. The van der Waals surface area contributed by atoms with E-state index in [1.165, 1.54) is 10.9 Å². The van der Waals surface area contributed by atoms with Crippen LogP contribution in [0.3, 0.4) is 0 Å². The van der Waals surface area contributed by atoms with Crippen molar-refractivity contribution in [3.8, 4) is 0 Å². The highest BCUT2D eigenvalue weighted by Gasteiger charge is 2.42. The molecular formula is C13H18N4O3. The molecule has 3 heterocycles. The fourth-order valence-electron chi connectivity index (χ4n) is 2.77. The molecule has 0 aromatic carbocycles. The van der Waals surface area contributed by atoms with Gasteiger partial charge in [0.2, 0.25) is 0 Å². The summed E-state index contributed by atoms with van der Waals surface area (Å²) in [5.74, 6) is 0.532. The van der Waals surface area contributed by atoms with Crippen molar-refractivity contribution in [2.45, 2.75) is 45.6 Å². The summed E-state index contributed by atoms with van der Waals surface area (Å²) in [4.78, 5) is 18.8. The number of ether oxygens (including phenoxy) is 1. The molecule has 7 heteroatoms. The maximum Gasteiger partial charge on any atom is 0.262 e. The Morgan fingerprint density at radius 3 is 2.95 bits per heavy atom. The smallest absolute Gasteiger partial charge is 0.262 e. The Bertz CT molecular complexity index is 692. The number of rotatable bonds is 2. The molecular weight excluding hydrogens is 260 g/mol. The Kier molecular flexibility index (Phi) is 3.10. The predicted octanol–water partition coefficient (Wildman–Crippen LogP) is 0.732. The van der Waals surface area contributed by atoms with Gasteiger partial charge in [-0.1, -0.05) is 13.8 Å². The van der Waals surface area contributed by atoms with Gasteiger partial charge in [0.05, 0.1) is 12.3 Å². The number of H-pyrrole nitrogens is 1. The van der Waals surface area contributed by atoms with Gasteiger partial charge in [0, 0.05) is 5.92 Å². The van der Waals surface area contributed by atoms with Crippen LogP contribution in [-0.4, -0.2) is 37.1 Å². The molecule has 7 nitrogen and oxygen atoms in total. The van der Waals surface area contributed by atoms with Crippen LogP contribution < -0.4 is 5.56 Å². The lowest BCUT2D eigenvalue weighted by Crippen LogP contribution is -2.25. The Hall–Kier alpha value is -1.73. The molecule has 0 aliphatic carbocycles. The van der Waals surface area contributed by atoms with Crippen LogP contribution in [0.5, 0.6) is 0 Å². The summed E-state index contributed by atoms with van der Waals surface area (Å²) in [7, 11) is 0. The normalized spacial score (nSPS) is 30.2. The summed E-state index contributed by atoms with van der Waals surface area (Å²) in [6.07, 6.45) is 1.00. The van der Waals surface area contributed by atoms with Crippen LogP contribution in [0.15, 0.2) is 11.0 Å². The van der Waals surface area contributed by atoms with Crippen molar-refractivity contribution < 1.29 is 9.84 Å². The zero-order valence-electron chi connectivity index (χ0n) is 11.7. The van der Waals surface area contributed by atoms with Gasteiger partial charge in [0.15, 0.2) is 11.9 Å². The second-order valence-electron chi connectivity index (χ2n) is 5.30. The van der Waals surface area contributed by atoms with Gasteiger partial charge in [0.1, 0.15) is 17.3 Å². The summed E-state index contributed by atoms with van der Waals surface area (Å²) >= 11 is 0. The van der Waals surface area contributed by atoms with Crippen LogP contribution in [0.1, 0.15) is 32.3 Å². The number of fused-ring (bicyclic) bond motifs is 1. The second kappa shape index (κ2) is 4.68. The third-order valence-corrected chi connectivity index (χ3v) is 3.96. The van der Waals surface area contributed by atoms with Crippen molar-refractivity contribution in [2.24, 2.45) is 5.92 Å². The third kappa shape index (κ3) is 1.85. The van der Waals surface area contributed by atoms with Crippen LogP contribution in [0.2, 0.25) is 0 Å². The highest BCUT2D eigenvalue weighted by Crippen LogP contribution is 2.35. The van der Waals surface area contributed by atoms with Gasteiger partial charge in [-0.2, -0.15) is 5.10 Å². The Labute approximate surface area is 115 Å². The minimum absolute atomic E-state index is 0.0163. The van der Waals surface area contributed by atoms with E-state index in [0.29, 0.717) is 16.9 Å². The van der Waals surface area contributed by atoms with Gasteiger partial charge < -0.3 is 14.8 Å². The van der Waals surface area contributed by atoms with Gasteiger partial charge in [0.25, 0.3) is 5.56 Å². The first kappa shape index (κ1) is 13.3. The fourth-order valence-corrected chi connectivity index (χ4v) is 2.77. The van der Waals surface area contributed by atoms with Crippen LogP contribution in [0.4, 0.5) is 0 Å². The van der Waals surface area contributed by atoms with Gasteiger partial charge in [-0.3, -0.25) is 4.79 Å². The molecule has 3 rings (SSSR count). The molecule has 0 amide bonds. The Balaban J connectivity index is 2.09. The number of aliphatic hydroxyl groups excluding tert-OH is 1. The van der Waals surface area contributed by atoms with E-state index in [1.807, 2.05) is 13.8 Å². The Morgan fingerprint density at radius 2 is 2.30 bits per heavy atom. The third-order valence-electron chi connectivity index (χ3n) is 3.96. The van der Waals surface area contributed by atoms with Crippen LogP contribution >= 0.6 is 0 Å². The number of aryl methyl sites for hydroxylation is 1. The first-order valence-electron chi connectivity index (χ1n) is 6.80. The molecule has 1 unspecified atom stereocenters. The monoisotopic (exact) mass is 278 g/mol. The van der Waals surface area contributed by atoms with Gasteiger partial charge in [-0.05, 0) is 13.3 Å². The molecule has 2 N–H and O–H groups in total. The molecule has 0 bridgehead atoms. The van der Waals surface area contributed by atoms with E-state index in [2.05, 4.69) is 15.1 Å². The Morgan fingerprint density at radius 1 is 1.55 bits per heavy atom. The second-order valence-corrected chi connectivity index (χ2v) is 5.30. The largest absolute Gasteiger partial charge is 0.388 e. The molecule has 4 atom stereocenters. The first-order chi connectivity index (χ1) is 9.52. The maximum absolute atomic E-state index is 11.8. The molecule has 1 fully saturated rings. The lowest BCUT2D eigenvalue weighted by molar-refractivity contribution is -0.0425. The molecule has 1 saturated heterocycles. The zero-order chi connectivity index (χ0) is 14.4. The van der Waals surface area contributed by atoms with E-state index in [-0.39, 0.29) is 17.6 Å². The summed E-state index contributed by atoms with van der Waals surface area (Å²) in [6, 6.07) is 0. The van der Waals surface area contributed by atoms with E-state index in [9.17, 15) is 9.90 Å². The molecule has 2 aromatic rings. The van der Waals surface area contributed by atoms with Crippen molar-refractivity contribution in [3.63, 3.8) is 0 Å². The molecule has 1 aliphatic heterocycles. The SMILES string of the molecule is CC[C@H]1O[C@@H](n2ncc3c(=O)[nH]c(C)nc32)[C@@H](O)C1C. The molecule has 0 spiro atoms. The molecule has 0 radical (unpaired) electrons. The van der Waals surface area contributed by atoms with E-state index in [0.717, 1.165) is 6.42 Å². The molecule has 0 saturated carbocycles. The standard InChI is InChI=1S/C13H18N4O3/c1-4-9-6(2)10(18)13(20-9)17-11-8(5-14-17)12(19)16-7(3)15-11/h5-6,9-10,13,18H,4H2,1-3H3,(H,15,16,19)/t6?,9-,10+,13-/m1/s1. The maximum atomic E-state index is 11.8. The topological polar surface area (TPSA) is 93.0 Å². The van der Waals surface area contributed by atoms with Crippen LogP contribution in [-0.2, 0) is 4.74 Å². The number of hydrogen-bond acceptors (Lipinski definition) is 5. The average Bonchev–Trinajstić information content (AvgIpc) is 2.93.